The molecule has 1 atom stereocenters. The standard InChI is InChI=1S/C14H19N5O3S.C2H6/c1-8-7-10(11-5-6-18(16-11)9-3-4-9)12(13(20)15-8)14(21)17-19(22)23-2;1-2/h5-6,8-9,22H,3-4,7H2,1-2H3,(H,15,20)(H,17,21);1-2H3. The van der Waals surface area contributed by atoms with Gasteiger partial charge in [0.2, 0.25) is 0 Å². The number of hydrazine groups is 1. The topological polar surface area (TPSA) is 99.5 Å². The fourth-order valence-electron chi connectivity index (χ4n) is 2.59. The molecule has 0 bridgehead atoms. The predicted octanol–water partition coefficient (Wildman–Crippen LogP) is 1.91. The Morgan fingerprint density at radius 3 is 2.76 bits per heavy atom. The van der Waals surface area contributed by atoms with E-state index in [-0.39, 0.29) is 11.6 Å². The van der Waals surface area contributed by atoms with Crippen LogP contribution in [0, 0.1) is 0 Å². The van der Waals surface area contributed by atoms with Gasteiger partial charge in [-0.05, 0) is 48.8 Å². The summed E-state index contributed by atoms with van der Waals surface area (Å²) in [6.07, 6.45) is 6.21. The molecule has 138 valence electrons. The Balaban J connectivity index is 0.00000109. The summed E-state index contributed by atoms with van der Waals surface area (Å²) in [7, 11) is 0. The quantitative estimate of drug-likeness (QED) is 0.418. The van der Waals surface area contributed by atoms with E-state index in [9.17, 15) is 14.8 Å². The van der Waals surface area contributed by atoms with Crippen molar-refractivity contribution in [1.82, 2.24) is 25.1 Å². The number of nitrogens with zero attached hydrogens (tertiary/aromatic N) is 3. The molecule has 3 rings (SSSR count). The van der Waals surface area contributed by atoms with Gasteiger partial charge in [-0.25, -0.2) is 0 Å². The van der Waals surface area contributed by atoms with Crippen LogP contribution in [0.5, 0.6) is 0 Å². The smallest absolute Gasteiger partial charge is 0.274 e. The Morgan fingerprint density at radius 2 is 2.16 bits per heavy atom. The highest BCUT2D eigenvalue weighted by atomic mass is 32.2. The van der Waals surface area contributed by atoms with Crippen LogP contribution in [0.3, 0.4) is 0 Å². The van der Waals surface area contributed by atoms with Crippen LogP contribution in [-0.2, 0) is 9.59 Å². The first-order valence-electron chi connectivity index (χ1n) is 8.43. The van der Waals surface area contributed by atoms with Crippen molar-refractivity contribution < 1.29 is 14.8 Å². The van der Waals surface area contributed by atoms with Crippen LogP contribution in [0.4, 0.5) is 0 Å². The highest BCUT2D eigenvalue weighted by Crippen LogP contribution is 2.35. The average Bonchev–Trinajstić information content (AvgIpc) is 3.32. The van der Waals surface area contributed by atoms with Crippen LogP contribution in [0.2, 0.25) is 0 Å². The Bertz CT molecular complexity index is 668. The van der Waals surface area contributed by atoms with Gasteiger partial charge in [0.25, 0.3) is 11.8 Å². The number of rotatable bonds is 5. The summed E-state index contributed by atoms with van der Waals surface area (Å²) in [5.74, 6) is -1.10. The van der Waals surface area contributed by atoms with Crippen molar-refractivity contribution in [3.8, 4) is 0 Å². The molecule has 2 aliphatic rings. The summed E-state index contributed by atoms with van der Waals surface area (Å²) in [6.45, 7) is 5.88. The molecular weight excluding hydrogens is 342 g/mol. The number of hydrogen-bond acceptors (Lipinski definition) is 6. The first kappa shape index (κ1) is 19.5. The number of carbonyl (C=O) groups excluding carboxylic acids is 2. The van der Waals surface area contributed by atoms with Crippen molar-refractivity contribution in [2.45, 2.75) is 52.1 Å². The number of hydrogen-bond donors (Lipinski definition) is 3. The first-order valence-corrected chi connectivity index (χ1v) is 9.61. The summed E-state index contributed by atoms with van der Waals surface area (Å²) in [5.41, 5.74) is 3.48. The van der Waals surface area contributed by atoms with Gasteiger partial charge in [-0.1, -0.05) is 13.8 Å². The van der Waals surface area contributed by atoms with Gasteiger partial charge in [-0.15, -0.1) is 0 Å². The van der Waals surface area contributed by atoms with Crippen LogP contribution < -0.4 is 10.7 Å². The summed E-state index contributed by atoms with van der Waals surface area (Å²) in [5, 5.41) is 16.7. The minimum Gasteiger partial charge on any atom is -0.349 e. The Kier molecular flexibility index (Phi) is 6.63. The van der Waals surface area contributed by atoms with Crippen LogP contribution in [-0.4, -0.2) is 43.7 Å². The Hall–Kier alpha value is -1.84. The van der Waals surface area contributed by atoms with Crippen LogP contribution in [0.25, 0.3) is 5.57 Å². The molecule has 0 radical (unpaired) electrons. The fourth-order valence-corrected chi connectivity index (χ4v) is 2.77. The molecule has 2 heterocycles. The fraction of sp³-hybridized carbons (Fsp3) is 0.562. The van der Waals surface area contributed by atoms with Crippen molar-refractivity contribution in [1.29, 1.82) is 0 Å². The molecule has 0 spiro atoms. The third-order valence-electron chi connectivity index (χ3n) is 3.85. The van der Waals surface area contributed by atoms with E-state index in [1.165, 1.54) is 0 Å². The number of nitrogens with one attached hydrogen (secondary N) is 2. The van der Waals surface area contributed by atoms with Gasteiger partial charge in [0.1, 0.15) is 5.57 Å². The van der Waals surface area contributed by atoms with Crippen molar-refractivity contribution >= 4 is 29.3 Å². The SMILES string of the molecule is CC.CSN(O)NC(=O)C1=C(c2ccn(C3CC3)n2)CC(C)NC1=O. The molecule has 1 unspecified atom stereocenters. The van der Waals surface area contributed by atoms with E-state index in [0.29, 0.717) is 28.3 Å². The molecule has 25 heavy (non-hydrogen) atoms. The van der Waals surface area contributed by atoms with Gasteiger partial charge in [0.05, 0.1) is 11.7 Å². The molecular formula is C16H25N5O3S. The van der Waals surface area contributed by atoms with Gasteiger partial charge in [0.15, 0.2) is 0 Å². The van der Waals surface area contributed by atoms with Gasteiger partial charge >= 0.3 is 0 Å². The second-order valence-corrected chi connectivity index (χ2v) is 6.45. The lowest BCUT2D eigenvalue weighted by Crippen LogP contribution is -2.45. The third kappa shape index (κ3) is 4.62. The van der Waals surface area contributed by atoms with E-state index < -0.39 is 11.8 Å². The van der Waals surface area contributed by atoms with E-state index in [4.69, 9.17) is 0 Å². The predicted molar refractivity (Wildman–Crippen MR) is 96.3 cm³/mol. The maximum Gasteiger partial charge on any atom is 0.274 e. The number of carbonyl (C=O) groups is 2. The largest absolute Gasteiger partial charge is 0.349 e. The van der Waals surface area contributed by atoms with Crippen LogP contribution in [0.15, 0.2) is 17.8 Å². The molecule has 0 aromatic carbocycles. The number of amides is 2. The molecule has 1 aliphatic carbocycles. The van der Waals surface area contributed by atoms with E-state index >= 15 is 0 Å². The van der Waals surface area contributed by atoms with Gasteiger partial charge in [-0.2, -0.15) is 5.10 Å². The second kappa shape index (κ2) is 8.50. The molecule has 8 nitrogen and oxygen atoms in total. The number of aromatic nitrogens is 2. The van der Waals surface area contributed by atoms with Crippen molar-refractivity contribution in [3.63, 3.8) is 0 Å². The van der Waals surface area contributed by atoms with Crippen molar-refractivity contribution in [3.05, 3.63) is 23.5 Å². The van der Waals surface area contributed by atoms with E-state index in [1.807, 2.05) is 37.7 Å². The average molecular weight is 367 g/mol. The lowest BCUT2D eigenvalue weighted by atomic mass is 9.93. The zero-order chi connectivity index (χ0) is 18.6. The normalized spacial score (nSPS) is 20.1. The van der Waals surface area contributed by atoms with E-state index in [2.05, 4.69) is 15.8 Å². The van der Waals surface area contributed by atoms with E-state index in [1.54, 1.807) is 6.26 Å². The minimum atomic E-state index is -0.651. The van der Waals surface area contributed by atoms with Crippen molar-refractivity contribution in [2.75, 3.05) is 6.26 Å². The molecule has 1 aromatic rings. The third-order valence-corrected chi connectivity index (χ3v) is 4.29. The highest BCUT2D eigenvalue weighted by Gasteiger charge is 2.33. The molecule has 1 aromatic heterocycles. The van der Waals surface area contributed by atoms with Crippen LogP contribution >= 0.6 is 11.9 Å². The first-order chi connectivity index (χ1) is 12.0. The Morgan fingerprint density at radius 1 is 1.48 bits per heavy atom. The summed E-state index contributed by atoms with van der Waals surface area (Å²) in [6, 6.07) is 2.18. The zero-order valence-corrected chi connectivity index (χ0v) is 15.8. The van der Waals surface area contributed by atoms with Gasteiger partial charge in [-0.3, -0.25) is 24.9 Å². The monoisotopic (exact) mass is 367 g/mol. The maximum atomic E-state index is 12.3. The molecule has 0 saturated heterocycles. The second-order valence-electron chi connectivity index (χ2n) is 5.74. The lowest BCUT2D eigenvalue weighted by Gasteiger charge is -2.25. The van der Waals surface area contributed by atoms with Crippen molar-refractivity contribution in [2.24, 2.45) is 0 Å². The van der Waals surface area contributed by atoms with Gasteiger partial charge in [0, 0.05) is 24.1 Å². The molecule has 1 saturated carbocycles. The molecule has 3 N–H and O–H groups in total. The molecule has 2 amide bonds. The lowest BCUT2D eigenvalue weighted by molar-refractivity contribution is -0.132. The van der Waals surface area contributed by atoms with E-state index in [0.717, 1.165) is 24.8 Å². The summed E-state index contributed by atoms with van der Waals surface area (Å²) < 4.78 is 2.45. The summed E-state index contributed by atoms with van der Waals surface area (Å²) in [4.78, 5) is 24.6. The zero-order valence-electron chi connectivity index (χ0n) is 14.9. The maximum absolute atomic E-state index is 12.3. The van der Waals surface area contributed by atoms with Crippen LogP contribution in [0.1, 0.15) is 51.8 Å². The highest BCUT2D eigenvalue weighted by molar-refractivity contribution is 7.96. The molecule has 1 fully saturated rings. The molecule has 1 aliphatic heterocycles. The minimum absolute atomic E-state index is 0.00255. The van der Waals surface area contributed by atoms with Gasteiger partial charge < -0.3 is 5.32 Å². The molecule has 9 heteroatoms. The Labute approximate surface area is 151 Å². The summed E-state index contributed by atoms with van der Waals surface area (Å²) >= 11 is 0.915.